The lowest BCUT2D eigenvalue weighted by molar-refractivity contribution is -0.135. The first-order valence-electron chi connectivity index (χ1n) is 6.14. The molecule has 0 saturated carbocycles. The molecule has 1 aliphatic rings. The molecule has 0 aliphatic carbocycles. The fourth-order valence-corrected chi connectivity index (χ4v) is 1.82. The van der Waals surface area contributed by atoms with Crippen LogP contribution in [-0.4, -0.2) is 24.0 Å². The summed E-state index contributed by atoms with van der Waals surface area (Å²) >= 11 is 0. The van der Waals surface area contributed by atoms with Crippen LogP contribution < -0.4 is 0 Å². The normalized spacial score (nSPS) is 24.5. The van der Waals surface area contributed by atoms with Crippen molar-refractivity contribution in [2.24, 2.45) is 0 Å². The van der Waals surface area contributed by atoms with Crippen LogP contribution in [-0.2, 0) is 19.1 Å². The molecule has 0 aromatic rings. The molecule has 1 saturated heterocycles. The number of rotatable bonds is 6. The molecular weight excluding hydrogens is 220 g/mol. The molecule has 0 bridgehead atoms. The van der Waals surface area contributed by atoms with Crippen molar-refractivity contribution in [1.82, 2.24) is 0 Å². The van der Waals surface area contributed by atoms with Crippen molar-refractivity contribution < 1.29 is 19.1 Å². The molecule has 0 amide bonds. The molecule has 0 aromatic heterocycles. The predicted octanol–water partition coefficient (Wildman–Crippen LogP) is 2.37. The average Bonchev–Trinajstić information content (AvgIpc) is 2.62. The fraction of sp³-hybridized carbons (Fsp3) is 0.692. The summed E-state index contributed by atoms with van der Waals surface area (Å²) in [7, 11) is 0. The van der Waals surface area contributed by atoms with E-state index < -0.39 is 0 Å². The van der Waals surface area contributed by atoms with E-state index >= 15 is 0 Å². The minimum Gasteiger partial charge on any atom is -0.435 e. The zero-order chi connectivity index (χ0) is 12.7. The van der Waals surface area contributed by atoms with Crippen molar-refractivity contribution in [3.63, 3.8) is 0 Å². The Morgan fingerprint density at radius 3 is 3.00 bits per heavy atom. The lowest BCUT2D eigenvalue weighted by Gasteiger charge is -2.10. The summed E-state index contributed by atoms with van der Waals surface area (Å²) in [5.74, 6) is -0.209. The third-order valence-corrected chi connectivity index (χ3v) is 2.70. The van der Waals surface area contributed by atoms with Crippen LogP contribution >= 0.6 is 0 Å². The van der Waals surface area contributed by atoms with E-state index in [9.17, 15) is 9.59 Å². The number of Topliss-reactive ketones (excluding diaryl/α,β-unsaturated/α-hetero) is 1. The Morgan fingerprint density at radius 1 is 1.59 bits per heavy atom. The van der Waals surface area contributed by atoms with Gasteiger partial charge < -0.3 is 9.47 Å². The Bertz CT molecular complexity index is 296. The smallest absolute Gasteiger partial charge is 0.307 e. The summed E-state index contributed by atoms with van der Waals surface area (Å²) in [5, 5.41) is 0. The molecule has 1 aliphatic heterocycles. The van der Waals surface area contributed by atoms with Gasteiger partial charge in [-0.3, -0.25) is 9.59 Å². The number of esters is 1. The average molecular weight is 240 g/mol. The van der Waals surface area contributed by atoms with E-state index in [2.05, 4.69) is 11.7 Å². The van der Waals surface area contributed by atoms with Gasteiger partial charge in [0.15, 0.2) is 5.78 Å². The maximum absolute atomic E-state index is 11.6. The van der Waals surface area contributed by atoms with E-state index in [1.54, 1.807) is 6.08 Å². The molecule has 0 spiro atoms. The number of hydrogen-bond donors (Lipinski definition) is 0. The van der Waals surface area contributed by atoms with Gasteiger partial charge in [-0.25, -0.2) is 0 Å². The highest BCUT2D eigenvalue weighted by atomic mass is 16.5. The maximum atomic E-state index is 11.6. The van der Waals surface area contributed by atoms with Crippen LogP contribution in [0.4, 0.5) is 0 Å². The third kappa shape index (κ3) is 5.13. The number of ketones is 1. The molecular formula is C13H20O4. The summed E-state index contributed by atoms with van der Waals surface area (Å²) in [6.45, 7) is 3.46. The van der Waals surface area contributed by atoms with Crippen LogP contribution in [0.2, 0.25) is 0 Å². The Labute approximate surface area is 102 Å². The highest BCUT2D eigenvalue weighted by Gasteiger charge is 2.31. The summed E-state index contributed by atoms with van der Waals surface area (Å²) in [4.78, 5) is 22.1. The minimum absolute atomic E-state index is 0.0783. The predicted molar refractivity (Wildman–Crippen MR) is 63.3 cm³/mol. The highest BCUT2D eigenvalue weighted by Crippen LogP contribution is 2.23. The molecule has 17 heavy (non-hydrogen) atoms. The zero-order valence-electron chi connectivity index (χ0n) is 10.5. The van der Waals surface area contributed by atoms with E-state index in [-0.39, 0.29) is 24.0 Å². The standard InChI is InChI=1S/C13H20O4/c1-3-4-6-11-9-12(15)13(17-11)7-5-8-16-10(2)14/h5,8,11,13H,3-4,6-7,9H2,1-2H3/b8-5+/t11-,13-/m0/s1. The van der Waals surface area contributed by atoms with Gasteiger partial charge in [-0.05, 0) is 12.5 Å². The molecule has 2 atom stereocenters. The van der Waals surface area contributed by atoms with Gasteiger partial charge in [-0.2, -0.15) is 0 Å². The molecule has 1 heterocycles. The third-order valence-electron chi connectivity index (χ3n) is 2.70. The van der Waals surface area contributed by atoms with Gasteiger partial charge in [-0.1, -0.05) is 19.8 Å². The fourth-order valence-electron chi connectivity index (χ4n) is 1.82. The van der Waals surface area contributed by atoms with Crippen LogP contribution in [0.1, 0.15) is 46.0 Å². The Kier molecular flexibility index (Phi) is 5.91. The molecule has 0 unspecified atom stereocenters. The molecule has 0 radical (unpaired) electrons. The van der Waals surface area contributed by atoms with Crippen LogP contribution in [0.3, 0.4) is 0 Å². The summed E-state index contributed by atoms with van der Waals surface area (Å²) < 4.78 is 10.3. The van der Waals surface area contributed by atoms with E-state index in [4.69, 9.17) is 4.74 Å². The van der Waals surface area contributed by atoms with Crippen LogP contribution in [0, 0.1) is 0 Å². The Hall–Kier alpha value is -1.16. The molecule has 0 aromatic carbocycles. The number of carbonyl (C=O) groups excluding carboxylic acids is 2. The number of unbranched alkanes of at least 4 members (excludes halogenated alkanes) is 1. The van der Waals surface area contributed by atoms with E-state index in [1.165, 1.54) is 13.2 Å². The van der Waals surface area contributed by atoms with Gasteiger partial charge in [0, 0.05) is 19.8 Å². The molecule has 4 nitrogen and oxygen atoms in total. The number of carbonyl (C=O) groups is 2. The van der Waals surface area contributed by atoms with Gasteiger partial charge in [0.25, 0.3) is 0 Å². The second-order valence-electron chi connectivity index (χ2n) is 4.28. The Balaban J connectivity index is 2.28. The molecule has 1 rings (SSSR count). The van der Waals surface area contributed by atoms with Crippen LogP contribution in [0.25, 0.3) is 0 Å². The van der Waals surface area contributed by atoms with Crippen molar-refractivity contribution >= 4 is 11.8 Å². The first-order valence-corrected chi connectivity index (χ1v) is 6.14. The first kappa shape index (κ1) is 13.9. The second kappa shape index (κ2) is 7.22. The zero-order valence-corrected chi connectivity index (χ0v) is 10.5. The maximum Gasteiger partial charge on any atom is 0.307 e. The van der Waals surface area contributed by atoms with Crippen molar-refractivity contribution in [2.75, 3.05) is 0 Å². The molecule has 96 valence electrons. The lowest BCUT2D eigenvalue weighted by Crippen LogP contribution is -2.14. The summed E-state index contributed by atoms with van der Waals surface area (Å²) in [6.07, 6.45) is 6.86. The second-order valence-corrected chi connectivity index (χ2v) is 4.28. The summed E-state index contributed by atoms with van der Waals surface area (Å²) in [6, 6.07) is 0. The first-order chi connectivity index (χ1) is 8.13. The monoisotopic (exact) mass is 240 g/mol. The van der Waals surface area contributed by atoms with Gasteiger partial charge in [-0.15, -0.1) is 0 Å². The topological polar surface area (TPSA) is 52.6 Å². The minimum atomic E-state index is -0.360. The van der Waals surface area contributed by atoms with E-state index in [1.807, 2.05) is 0 Å². The van der Waals surface area contributed by atoms with E-state index in [0.29, 0.717) is 12.8 Å². The van der Waals surface area contributed by atoms with Crippen molar-refractivity contribution in [1.29, 1.82) is 0 Å². The van der Waals surface area contributed by atoms with Gasteiger partial charge in [0.2, 0.25) is 0 Å². The highest BCUT2D eigenvalue weighted by molar-refractivity contribution is 5.85. The van der Waals surface area contributed by atoms with Crippen LogP contribution in [0.5, 0.6) is 0 Å². The van der Waals surface area contributed by atoms with Crippen molar-refractivity contribution in [2.45, 2.75) is 58.2 Å². The largest absolute Gasteiger partial charge is 0.435 e. The quantitative estimate of drug-likeness (QED) is 0.528. The molecule has 4 heteroatoms. The van der Waals surface area contributed by atoms with Crippen molar-refractivity contribution in [3.8, 4) is 0 Å². The Morgan fingerprint density at radius 2 is 2.35 bits per heavy atom. The molecule has 1 fully saturated rings. The number of hydrogen-bond acceptors (Lipinski definition) is 4. The van der Waals surface area contributed by atoms with Gasteiger partial charge >= 0.3 is 5.97 Å². The van der Waals surface area contributed by atoms with Gasteiger partial charge in [0.05, 0.1) is 12.4 Å². The van der Waals surface area contributed by atoms with Crippen LogP contribution in [0.15, 0.2) is 12.3 Å². The summed E-state index contributed by atoms with van der Waals surface area (Å²) in [5.41, 5.74) is 0. The van der Waals surface area contributed by atoms with E-state index in [0.717, 1.165) is 19.3 Å². The lowest BCUT2D eigenvalue weighted by atomic mass is 10.1. The van der Waals surface area contributed by atoms with Gasteiger partial charge in [0.1, 0.15) is 6.10 Å². The van der Waals surface area contributed by atoms with Crippen molar-refractivity contribution in [3.05, 3.63) is 12.3 Å². The SMILES string of the molecule is CCCC[C@H]1CC(=O)[C@H](C/C=C/OC(C)=O)O1. The molecule has 0 N–H and O–H groups in total. The number of ether oxygens (including phenoxy) is 2.